The zero-order valence-electron chi connectivity index (χ0n) is 16.0. The van der Waals surface area contributed by atoms with Gasteiger partial charge in [0.25, 0.3) is 5.91 Å². The molecule has 1 fully saturated rings. The Morgan fingerprint density at radius 2 is 2.07 bits per heavy atom. The highest BCUT2D eigenvalue weighted by Crippen LogP contribution is 2.32. The Bertz CT molecular complexity index is 788. The van der Waals surface area contributed by atoms with E-state index in [1.165, 1.54) is 0 Å². The van der Waals surface area contributed by atoms with Crippen LogP contribution >= 0.6 is 0 Å². The quantitative estimate of drug-likeness (QED) is 0.835. The predicted octanol–water partition coefficient (Wildman–Crippen LogP) is 1.46. The molecule has 0 saturated carbocycles. The predicted molar refractivity (Wildman–Crippen MR) is 101 cm³/mol. The minimum absolute atomic E-state index is 0.0329. The van der Waals surface area contributed by atoms with Gasteiger partial charge in [-0.25, -0.2) is 4.98 Å². The van der Waals surface area contributed by atoms with Crippen molar-refractivity contribution in [2.45, 2.75) is 38.5 Å². The lowest BCUT2D eigenvalue weighted by atomic mass is 9.96. The van der Waals surface area contributed by atoms with E-state index >= 15 is 0 Å². The van der Waals surface area contributed by atoms with Crippen LogP contribution in [0.1, 0.15) is 31.3 Å². The summed E-state index contributed by atoms with van der Waals surface area (Å²) in [6.07, 6.45) is 3.50. The van der Waals surface area contributed by atoms with E-state index in [1.54, 1.807) is 11.1 Å². The molecule has 0 bridgehead atoms. The topological polar surface area (TPSA) is 76.5 Å². The Kier molecular flexibility index (Phi) is 5.91. The van der Waals surface area contributed by atoms with Gasteiger partial charge in [0, 0.05) is 38.4 Å². The lowest BCUT2D eigenvalue weighted by Crippen LogP contribution is -2.56. The van der Waals surface area contributed by atoms with E-state index in [4.69, 9.17) is 4.74 Å². The third-order valence-electron chi connectivity index (χ3n) is 4.79. The van der Waals surface area contributed by atoms with E-state index < -0.39 is 12.1 Å². The highest BCUT2D eigenvalue weighted by atomic mass is 16.5. The normalized spacial score (nSPS) is 20.1. The molecular weight excluding hydrogens is 344 g/mol. The summed E-state index contributed by atoms with van der Waals surface area (Å²) in [5, 5.41) is 2.94. The first-order valence-electron chi connectivity index (χ1n) is 9.20. The van der Waals surface area contributed by atoms with E-state index in [-0.39, 0.29) is 24.5 Å². The molecule has 1 aromatic carbocycles. The number of carbonyl (C=O) groups is 2. The van der Waals surface area contributed by atoms with Gasteiger partial charge in [-0.15, -0.1) is 0 Å². The third-order valence-corrected chi connectivity index (χ3v) is 4.79. The van der Waals surface area contributed by atoms with Gasteiger partial charge in [0.15, 0.2) is 6.10 Å². The summed E-state index contributed by atoms with van der Waals surface area (Å²) in [6.45, 7) is 4.28. The number of hydrogen-bond acceptors (Lipinski definition) is 4. The first kappa shape index (κ1) is 19.1. The van der Waals surface area contributed by atoms with Crippen molar-refractivity contribution in [1.29, 1.82) is 0 Å². The Morgan fingerprint density at radius 1 is 1.33 bits per heavy atom. The molecule has 2 amide bonds. The molecule has 1 N–H and O–H groups in total. The molecule has 7 heteroatoms. The molecule has 1 aliphatic rings. The lowest BCUT2D eigenvalue weighted by molar-refractivity contribution is -0.167. The van der Waals surface area contributed by atoms with E-state index in [2.05, 4.69) is 10.3 Å². The fourth-order valence-electron chi connectivity index (χ4n) is 3.48. The van der Waals surface area contributed by atoms with E-state index in [9.17, 15) is 9.59 Å². The smallest absolute Gasteiger partial charge is 0.251 e. The van der Waals surface area contributed by atoms with Crippen LogP contribution in [-0.4, -0.2) is 51.6 Å². The molecule has 7 nitrogen and oxygen atoms in total. The van der Waals surface area contributed by atoms with Gasteiger partial charge in [-0.2, -0.15) is 0 Å². The van der Waals surface area contributed by atoms with Crippen molar-refractivity contribution in [3.63, 3.8) is 0 Å². The number of aryl methyl sites for hydroxylation is 1. The second-order valence-electron chi connectivity index (χ2n) is 6.98. The van der Waals surface area contributed by atoms with Crippen LogP contribution in [0.25, 0.3) is 0 Å². The van der Waals surface area contributed by atoms with Crippen molar-refractivity contribution in [3.05, 3.63) is 54.1 Å². The summed E-state index contributed by atoms with van der Waals surface area (Å²) in [6, 6.07) is 9.10. The van der Waals surface area contributed by atoms with Crippen molar-refractivity contribution < 1.29 is 14.3 Å². The molecule has 3 rings (SSSR count). The van der Waals surface area contributed by atoms with Gasteiger partial charge in [-0.3, -0.25) is 9.59 Å². The van der Waals surface area contributed by atoms with E-state index in [0.29, 0.717) is 13.0 Å². The molecule has 2 atom stereocenters. The van der Waals surface area contributed by atoms with E-state index in [1.807, 2.05) is 62.0 Å². The summed E-state index contributed by atoms with van der Waals surface area (Å²) in [4.78, 5) is 31.3. The van der Waals surface area contributed by atoms with Crippen LogP contribution in [0.4, 0.5) is 0 Å². The van der Waals surface area contributed by atoms with Crippen molar-refractivity contribution in [1.82, 2.24) is 19.8 Å². The zero-order chi connectivity index (χ0) is 19.4. The number of rotatable bonds is 6. The first-order chi connectivity index (χ1) is 13.0. The van der Waals surface area contributed by atoms with Crippen molar-refractivity contribution in [2.24, 2.45) is 7.05 Å². The van der Waals surface area contributed by atoms with Crippen LogP contribution in [0.15, 0.2) is 42.7 Å². The van der Waals surface area contributed by atoms with Crippen LogP contribution in [-0.2, 0) is 27.8 Å². The Balaban J connectivity index is 1.75. The number of nitrogens with one attached hydrogen (secondary N) is 1. The Morgan fingerprint density at radius 3 is 2.70 bits per heavy atom. The Labute approximate surface area is 159 Å². The number of morpholine rings is 1. The molecule has 1 saturated heterocycles. The number of ether oxygens (including phenoxy) is 1. The molecule has 0 unspecified atom stereocenters. The minimum Gasteiger partial charge on any atom is -0.356 e. The average Bonchev–Trinajstić information content (AvgIpc) is 3.06. The van der Waals surface area contributed by atoms with Crippen LogP contribution in [0.2, 0.25) is 0 Å². The highest BCUT2D eigenvalue weighted by molar-refractivity contribution is 5.86. The summed E-state index contributed by atoms with van der Waals surface area (Å²) >= 11 is 0. The largest absolute Gasteiger partial charge is 0.356 e. The number of hydrogen-bond donors (Lipinski definition) is 1. The van der Waals surface area contributed by atoms with Gasteiger partial charge < -0.3 is 19.5 Å². The summed E-state index contributed by atoms with van der Waals surface area (Å²) < 4.78 is 7.61. The van der Waals surface area contributed by atoms with Gasteiger partial charge in [0.1, 0.15) is 12.4 Å². The number of imidazole rings is 1. The maximum absolute atomic E-state index is 12.9. The summed E-state index contributed by atoms with van der Waals surface area (Å²) in [7, 11) is 1.92. The molecule has 0 spiro atoms. The number of aromatic nitrogens is 2. The number of benzene rings is 1. The molecule has 144 valence electrons. The van der Waals surface area contributed by atoms with Gasteiger partial charge in [-0.05, 0) is 19.4 Å². The number of amides is 2. The van der Waals surface area contributed by atoms with Gasteiger partial charge in [-0.1, -0.05) is 30.3 Å². The highest BCUT2D eigenvalue weighted by Gasteiger charge is 2.42. The standard InChI is InChI=1S/C20H26N4O3/c1-14(2)24-17(25)13-27-19(18(24)15-7-5-4-6-8-15)20(26)22-10-9-16-21-11-12-23(16)3/h4-8,11-12,14,18-19H,9-10,13H2,1-3H3,(H,22,26)/t18-,19+/m1/s1. The van der Waals surface area contributed by atoms with Gasteiger partial charge in [0.05, 0.1) is 6.04 Å². The fraction of sp³-hybridized carbons (Fsp3) is 0.450. The summed E-state index contributed by atoms with van der Waals surface area (Å²) in [5.74, 6) is 0.589. The van der Waals surface area contributed by atoms with Crippen LogP contribution in [0.5, 0.6) is 0 Å². The number of carbonyl (C=O) groups excluding carboxylic acids is 2. The van der Waals surface area contributed by atoms with Crippen molar-refractivity contribution >= 4 is 11.8 Å². The molecule has 0 radical (unpaired) electrons. The Hall–Kier alpha value is -2.67. The van der Waals surface area contributed by atoms with Crippen molar-refractivity contribution in [3.8, 4) is 0 Å². The summed E-state index contributed by atoms with van der Waals surface area (Å²) in [5.41, 5.74) is 0.892. The SMILES string of the molecule is CC(C)N1C(=O)CO[C@H](C(=O)NCCc2nccn2C)[C@H]1c1ccccc1. The molecule has 2 heterocycles. The lowest BCUT2D eigenvalue weighted by Gasteiger charge is -2.42. The van der Waals surface area contributed by atoms with E-state index in [0.717, 1.165) is 11.4 Å². The van der Waals surface area contributed by atoms with Crippen molar-refractivity contribution in [2.75, 3.05) is 13.2 Å². The second kappa shape index (κ2) is 8.35. The van der Waals surface area contributed by atoms with Gasteiger partial charge >= 0.3 is 0 Å². The van der Waals surface area contributed by atoms with Gasteiger partial charge in [0.2, 0.25) is 5.91 Å². The second-order valence-corrected chi connectivity index (χ2v) is 6.98. The maximum Gasteiger partial charge on any atom is 0.251 e. The number of nitrogens with zero attached hydrogens (tertiary/aromatic N) is 3. The monoisotopic (exact) mass is 370 g/mol. The van der Waals surface area contributed by atoms with Crippen LogP contribution in [0, 0.1) is 0 Å². The molecule has 1 aromatic heterocycles. The van der Waals surface area contributed by atoms with Crippen LogP contribution < -0.4 is 5.32 Å². The molecule has 1 aliphatic heterocycles. The zero-order valence-corrected chi connectivity index (χ0v) is 16.0. The minimum atomic E-state index is -0.742. The average molecular weight is 370 g/mol. The molecule has 27 heavy (non-hydrogen) atoms. The third kappa shape index (κ3) is 4.19. The molecular formula is C20H26N4O3. The molecule has 0 aliphatic carbocycles. The first-order valence-corrected chi connectivity index (χ1v) is 9.20. The maximum atomic E-state index is 12.9. The fourth-order valence-corrected chi connectivity index (χ4v) is 3.48. The molecule has 2 aromatic rings. The van der Waals surface area contributed by atoms with Crippen LogP contribution in [0.3, 0.4) is 0 Å².